The molecule has 0 aliphatic carbocycles. The van der Waals surface area contributed by atoms with E-state index in [1.807, 2.05) is 43.4 Å². The summed E-state index contributed by atoms with van der Waals surface area (Å²) in [5.74, 6) is -0.679. The second kappa shape index (κ2) is 9.24. The van der Waals surface area contributed by atoms with Gasteiger partial charge in [-0.1, -0.05) is 13.0 Å². The predicted octanol–water partition coefficient (Wildman–Crippen LogP) is 3.52. The Morgan fingerprint density at radius 2 is 1.93 bits per heavy atom. The van der Waals surface area contributed by atoms with Gasteiger partial charge in [-0.25, -0.2) is 0 Å². The number of thiophene rings is 1. The fraction of sp³-hybridized carbons (Fsp3) is 0.364. The molecule has 3 rings (SSSR count). The first-order valence-corrected chi connectivity index (χ1v) is 10.5. The van der Waals surface area contributed by atoms with Gasteiger partial charge in [0.05, 0.1) is 18.2 Å². The van der Waals surface area contributed by atoms with Crippen LogP contribution in [0.3, 0.4) is 0 Å². The zero-order valence-corrected chi connectivity index (χ0v) is 17.7. The van der Waals surface area contributed by atoms with E-state index in [0.717, 1.165) is 11.3 Å². The van der Waals surface area contributed by atoms with Gasteiger partial charge < -0.3 is 19.6 Å². The van der Waals surface area contributed by atoms with Gasteiger partial charge in [0.2, 0.25) is 0 Å². The lowest BCUT2D eigenvalue weighted by Gasteiger charge is -2.25. The van der Waals surface area contributed by atoms with E-state index in [0.29, 0.717) is 31.0 Å². The Morgan fingerprint density at radius 1 is 1.21 bits per heavy atom. The minimum atomic E-state index is -0.647. The van der Waals surface area contributed by atoms with E-state index < -0.39 is 17.7 Å². The third-order valence-electron chi connectivity index (χ3n) is 4.74. The topological polar surface area (TPSA) is 70.1 Å². The van der Waals surface area contributed by atoms with Crippen LogP contribution in [0.25, 0.3) is 5.76 Å². The minimum Gasteiger partial charge on any atom is -0.507 e. The number of aliphatic hydroxyl groups is 1. The lowest BCUT2D eigenvalue weighted by molar-refractivity contribution is -0.140. The molecular weight excluding hydrogens is 388 g/mol. The summed E-state index contributed by atoms with van der Waals surface area (Å²) >= 11 is 1.47. The maximum absolute atomic E-state index is 12.8. The molecule has 1 N–H and O–H groups in total. The van der Waals surface area contributed by atoms with Crippen LogP contribution < -0.4 is 4.74 Å². The molecular formula is C22H26N2O4S. The Balaban J connectivity index is 1.99. The first-order chi connectivity index (χ1) is 13.9. The first kappa shape index (κ1) is 21.1. The van der Waals surface area contributed by atoms with Crippen LogP contribution in [0.2, 0.25) is 0 Å². The summed E-state index contributed by atoms with van der Waals surface area (Å²) in [6, 6.07) is 10.1. The van der Waals surface area contributed by atoms with Gasteiger partial charge in [0.25, 0.3) is 11.7 Å². The highest BCUT2D eigenvalue weighted by molar-refractivity contribution is 7.10. The maximum Gasteiger partial charge on any atom is 0.295 e. The average molecular weight is 415 g/mol. The fourth-order valence-electron chi connectivity index (χ4n) is 3.25. The van der Waals surface area contributed by atoms with E-state index in [2.05, 4.69) is 0 Å². The summed E-state index contributed by atoms with van der Waals surface area (Å²) in [4.78, 5) is 30.0. The maximum atomic E-state index is 12.8. The van der Waals surface area contributed by atoms with Gasteiger partial charge in [-0.3, -0.25) is 9.59 Å². The van der Waals surface area contributed by atoms with E-state index in [1.54, 1.807) is 29.2 Å². The summed E-state index contributed by atoms with van der Waals surface area (Å²) in [6.45, 7) is 3.67. The Kier molecular flexibility index (Phi) is 6.71. The molecule has 0 spiro atoms. The van der Waals surface area contributed by atoms with Crippen LogP contribution in [-0.4, -0.2) is 60.4 Å². The van der Waals surface area contributed by atoms with Crippen LogP contribution in [0.5, 0.6) is 5.75 Å². The average Bonchev–Trinajstić information content (AvgIpc) is 3.32. The van der Waals surface area contributed by atoms with Crippen LogP contribution in [-0.2, 0) is 9.59 Å². The number of hydrogen-bond acceptors (Lipinski definition) is 6. The van der Waals surface area contributed by atoms with Crippen molar-refractivity contribution < 1.29 is 19.4 Å². The van der Waals surface area contributed by atoms with Crippen LogP contribution in [0, 0.1) is 0 Å². The molecule has 154 valence electrons. The highest BCUT2D eigenvalue weighted by Crippen LogP contribution is 2.41. The van der Waals surface area contributed by atoms with Gasteiger partial charge in [0, 0.05) is 23.5 Å². The van der Waals surface area contributed by atoms with Gasteiger partial charge in [-0.2, -0.15) is 0 Å². The number of benzene rings is 1. The minimum absolute atomic E-state index is 0.137. The highest BCUT2D eigenvalue weighted by Gasteiger charge is 2.46. The van der Waals surface area contributed by atoms with Crippen molar-refractivity contribution in [1.29, 1.82) is 0 Å². The van der Waals surface area contributed by atoms with E-state index in [-0.39, 0.29) is 11.3 Å². The van der Waals surface area contributed by atoms with E-state index in [1.165, 1.54) is 11.3 Å². The number of ketones is 1. The molecule has 1 fully saturated rings. The van der Waals surface area contributed by atoms with E-state index >= 15 is 0 Å². The second-order valence-corrected chi connectivity index (χ2v) is 8.16. The summed E-state index contributed by atoms with van der Waals surface area (Å²) in [5, 5.41) is 12.9. The van der Waals surface area contributed by atoms with Crippen molar-refractivity contribution in [3.05, 3.63) is 57.8 Å². The van der Waals surface area contributed by atoms with Crippen molar-refractivity contribution in [3.8, 4) is 5.75 Å². The zero-order valence-electron chi connectivity index (χ0n) is 16.9. The molecule has 0 saturated carbocycles. The van der Waals surface area contributed by atoms with Crippen molar-refractivity contribution in [3.63, 3.8) is 0 Å². The molecule has 6 nitrogen and oxygen atoms in total. The molecule has 1 aromatic heterocycles. The van der Waals surface area contributed by atoms with Gasteiger partial charge in [-0.05, 0) is 56.2 Å². The molecule has 1 saturated heterocycles. The van der Waals surface area contributed by atoms with Crippen molar-refractivity contribution in [2.75, 3.05) is 33.8 Å². The van der Waals surface area contributed by atoms with E-state index in [4.69, 9.17) is 4.74 Å². The number of Topliss-reactive ketones (excluding diaryl/α,β-unsaturated/α-hetero) is 1. The summed E-state index contributed by atoms with van der Waals surface area (Å²) < 4.78 is 5.58. The van der Waals surface area contributed by atoms with E-state index in [9.17, 15) is 14.7 Å². The SMILES string of the molecule is CCCOc1ccc(C(O)=C2C(=O)C(=O)N(CCN(C)C)[C@H]2c2cccs2)cc1. The predicted molar refractivity (Wildman–Crippen MR) is 114 cm³/mol. The van der Waals surface area contributed by atoms with Gasteiger partial charge in [0.1, 0.15) is 11.5 Å². The number of amides is 1. The summed E-state index contributed by atoms with van der Waals surface area (Å²) in [5.41, 5.74) is 0.624. The van der Waals surface area contributed by atoms with Crippen LogP contribution in [0.15, 0.2) is 47.4 Å². The molecule has 1 atom stereocenters. The molecule has 1 amide bonds. The molecule has 1 aromatic carbocycles. The second-order valence-electron chi connectivity index (χ2n) is 7.18. The number of hydrogen-bond donors (Lipinski definition) is 1. The third-order valence-corrected chi connectivity index (χ3v) is 5.67. The Bertz CT molecular complexity index is 888. The Morgan fingerprint density at radius 3 is 2.52 bits per heavy atom. The number of nitrogens with zero attached hydrogens (tertiary/aromatic N) is 2. The molecule has 29 heavy (non-hydrogen) atoms. The lowest BCUT2D eigenvalue weighted by atomic mass is 10.00. The lowest BCUT2D eigenvalue weighted by Crippen LogP contribution is -2.35. The number of carbonyl (C=O) groups excluding carboxylic acids is 2. The van der Waals surface area contributed by atoms with Gasteiger partial charge >= 0.3 is 0 Å². The summed E-state index contributed by atoms with van der Waals surface area (Å²) in [6.07, 6.45) is 0.902. The van der Waals surface area contributed by atoms with Gasteiger partial charge in [0.15, 0.2) is 0 Å². The Labute approximate surface area is 175 Å². The Hall–Kier alpha value is -2.64. The molecule has 0 unspecified atom stereocenters. The van der Waals surface area contributed by atoms with Crippen molar-refractivity contribution in [2.45, 2.75) is 19.4 Å². The van der Waals surface area contributed by atoms with Crippen LogP contribution in [0.4, 0.5) is 0 Å². The zero-order chi connectivity index (χ0) is 21.0. The monoisotopic (exact) mass is 414 g/mol. The highest BCUT2D eigenvalue weighted by atomic mass is 32.1. The smallest absolute Gasteiger partial charge is 0.295 e. The van der Waals surface area contributed by atoms with Crippen molar-refractivity contribution in [1.82, 2.24) is 9.80 Å². The normalized spacial score (nSPS) is 18.6. The number of aliphatic hydroxyl groups excluding tert-OH is 1. The molecule has 0 bridgehead atoms. The van der Waals surface area contributed by atoms with Gasteiger partial charge in [-0.15, -0.1) is 11.3 Å². The van der Waals surface area contributed by atoms with Crippen molar-refractivity contribution >= 4 is 28.8 Å². The number of rotatable bonds is 8. The number of likely N-dealkylation sites (N-methyl/N-ethyl adjacent to an activating group) is 1. The van der Waals surface area contributed by atoms with Crippen molar-refractivity contribution in [2.24, 2.45) is 0 Å². The first-order valence-electron chi connectivity index (χ1n) is 9.63. The molecule has 1 aliphatic heterocycles. The molecule has 2 aromatic rings. The van der Waals surface area contributed by atoms with Crippen LogP contribution in [0.1, 0.15) is 29.8 Å². The fourth-order valence-corrected chi connectivity index (χ4v) is 4.09. The standard InChI is InChI=1S/C22H26N2O4S/c1-4-13-28-16-9-7-15(8-10-16)20(25)18-19(17-6-5-14-29-17)24(12-11-23(2)3)22(27)21(18)26/h5-10,14,19,25H,4,11-13H2,1-3H3/t19-/m0/s1. The molecule has 2 heterocycles. The van der Waals surface area contributed by atoms with Crippen LogP contribution >= 0.6 is 11.3 Å². The molecule has 7 heteroatoms. The summed E-state index contributed by atoms with van der Waals surface area (Å²) in [7, 11) is 3.83. The number of ether oxygens (including phenoxy) is 1. The molecule has 0 radical (unpaired) electrons. The quantitative estimate of drug-likeness (QED) is 0.407. The largest absolute Gasteiger partial charge is 0.507 e. The number of likely N-dealkylation sites (tertiary alicyclic amines) is 1. The number of carbonyl (C=O) groups is 2. The molecule has 1 aliphatic rings. The third kappa shape index (κ3) is 4.52.